The van der Waals surface area contributed by atoms with Crippen LogP contribution in [0.2, 0.25) is 0 Å². The van der Waals surface area contributed by atoms with Crippen LogP contribution in [0.3, 0.4) is 0 Å². The predicted molar refractivity (Wildman–Crippen MR) is 52.6 cm³/mol. The van der Waals surface area contributed by atoms with E-state index in [1.807, 2.05) is 7.05 Å². The zero-order valence-corrected chi connectivity index (χ0v) is 8.43. The lowest BCUT2D eigenvalue weighted by molar-refractivity contribution is 0.388. The fourth-order valence-electron chi connectivity index (χ4n) is 1.77. The molecule has 1 saturated carbocycles. The Labute approximate surface area is 75.5 Å². The van der Waals surface area contributed by atoms with Gasteiger partial charge in [0.05, 0.1) is 5.84 Å². The number of nitrogens with one attached hydrogen (secondary N) is 1. The molecule has 1 fully saturated rings. The molecule has 0 aliphatic heterocycles. The SMILES string of the molecule is CC(C)N(C)C(=N)C1CCCC1. The molecular formula is C10H20N2. The molecule has 2 nitrogen and oxygen atoms in total. The minimum Gasteiger partial charge on any atom is -0.361 e. The summed E-state index contributed by atoms with van der Waals surface area (Å²) in [5.41, 5.74) is 0. The number of amidine groups is 1. The van der Waals surface area contributed by atoms with Crippen molar-refractivity contribution >= 4 is 5.84 Å². The molecule has 0 aromatic carbocycles. The van der Waals surface area contributed by atoms with Gasteiger partial charge in [0, 0.05) is 19.0 Å². The van der Waals surface area contributed by atoms with Crippen LogP contribution < -0.4 is 0 Å². The van der Waals surface area contributed by atoms with Crippen LogP contribution in [-0.4, -0.2) is 23.8 Å². The van der Waals surface area contributed by atoms with Gasteiger partial charge in [0.1, 0.15) is 0 Å². The van der Waals surface area contributed by atoms with Crippen LogP contribution in [0.1, 0.15) is 39.5 Å². The molecule has 0 unspecified atom stereocenters. The molecule has 0 aromatic rings. The van der Waals surface area contributed by atoms with Crippen molar-refractivity contribution in [3.63, 3.8) is 0 Å². The topological polar surface area (TPSA) is 27.1 Å². The quantitative estimate of drug-likeness (QED) is 0.498. The molecular weight excluding hydrogens is 148 g/mol. The van der Waals surface area contributed by atoms with E-state index in [2.05, 4.69) is 18.7 Å². The first-order valence-corrected chi connectivity index (χ1v) is 4.94. The van der Waals surface area contributed by atoms with E-state index in [1.165, 1.54) is 25.7 Å². The van der Waals surface area contributed by atoms with Crippen LogP contribution in [0, 0.1) is 11.3 Å². The smallest absolute Gasteiger partial charge is 0.0989 e. The third-order valence-electron chi connectivity index (χ3n) is 2.90. The van der Waals surface area contributed by atoms with Crippen molar-refractivity contribution in [1.82, 2.24) is 4.90 Å². The van der Waals surface area contributed by atoms with E-state index in [0.717, 1.165) is 5.84 Å². The van der Waals surface area contributed by atoms with Crippen molar-refractivity contribution in [3.8, 4) is 0 Å². The van der Waals surface area contributed by atoms with Gasteiger partial charge in [-0.3, -0.25) is 5.41 Å². The van der Waals surface area contributed by atoms with E-state index in [1.54, 1.807) is 0 Å². The maximum Gasteiger partial charge on any atom is 0.0989 e. The average molecular weight is 168 g/mol. The summed E-state index contributed by atoms with van der Waals surface area (Å²) in [5.74, 6) is 1.40. The highest BCUT2D eigenvalue weighted by Crippen LogP contribution is 2.26. The first-order chi connectivity index (χ1) is 5.63. The third-order valence-corrected chi connectivity index (χ3v) is 2.90. The summed E-state index contributed by atoms with van der Waals surface area (Å²) < 4.78 is 0. The molecule has 1 aliphatic rings. The summed E-state index contributed by atoms with van der Waals surface area (Å²) in [6.45, 7) is 4.28. The zero-order valence-electron chi connectivity index (χ0n) is 8.43. The molecule has 0 atom stereocenters. The van der Waals surface area contributed by atoms with E-state index < -0.39 is 0 Å². The van der Waals surface area contributed by atoms with Crippen molar-refractivity contribution < 1.29 is 0 Å². The Hall–Kier alpha value is -0.530. The van der Waals surface area contributed by atoms with E-state index in [9.17, 15) is 0 Å². The minimum atomic E-state index is 0.470. The van der Waals surface area contributed by atoms with Gasteiger partial charge in [0.25, 0.3) is 0 Å². The van der Waals surface area contributed by atoms with Gasteiger partial charge in [-0.05, 0) is 26.7 Å². The Balaban J connectivity index is 2.45. The van der Waals surface area contributed by atoms with Crippen molar-refractivity contribution in [2.45, 2.75) is 45.6 Å². The molecule has 70 valence electrons. The van der Waals surface area contributed by atoms with Crippen LogP contribution >= 0.6 is 0 Å². The summed E-state index contributed by atoms with van der Waals surface area (Å²) in [5, 5.41) is 7.95. The van der Waals surface area contributed by atoms with Crippen molar-refractivity contribution in [2.75, 3.05) is 7.05 Å². The first kappa shape index (κ1) is 9.56. The summed E-state index contributed by atoms with van der Waals surface area (Å²) in [6, 6.07) is 0.470. The van der Waals surface area contributed by atoms with E-state index in [-0.39, 0.29) is 0 Å². The maximum absolute atomic E-state index is 7.95. The number of nitrogens with zero attached hydrogens (tertiary/aromatic N) is 1. The molecule has 0 spiro atoms. The van der Waals surface area contributed by atoms with E-state index in [0.29, 0.717) is 12.0 Å². The Bertz CT molecular complexity index is 153. The van der Waals surface area contributed by atoms with Crippen molar-refractivity contribution in [3.05, 3.63) is 0 Å². The Morgan fingerprint density at radius 1 is 1.33 bits per heavy atom. The second kappa shape index (κ2) is 3.92. The summed E-state index contributed by atoms with van der Waals surface area (Å²) in [4.78, 5) is 2.09. The second-order valence-electron chi connectivity index (χ2n) is 4.07. The van der Waals surface area contributed by atoms with Gasteiger partial charge in [-0.25, -0.2) is 0 Å². The zero-order chi connectivity index (χ0) is 9.14. The molecule has 12 heavy (non-hydrogen) atoms. The maximum atomic E-state index is 7.95. The summed E-state index contributed by atoms with van der Waals surface area (Å²) in [6.07, 6.45) is 5.10. The highest BCUT2D eigenvalue weighted by molar-refractivity contribution is 5.81. The average Bonchev–Trinajstić information content (AvgIpc) is 2.53. The molecule has 0 saturated heterocycles. The van der Waals surface area contributed by atoms with E-state index >= 15 is 0 Å². The lowest BCUT2D eigenvalue weighted by atomic mass is 10.1. The van der Waals surface area contributed by atoms with Gasteiger partial charge < -0.3 is 4.90 Å². The Kier molecular flexibility index (Phi) is 3.12. The summed E-state index contributed by atoms with van der Waals surface area (Å²) >= 11 is 0. The van der Waals surface area contributed by atoms with Crippen molar-refractivity contribution in [1.29, 1.82) is 5.41 Å². The van der Waals surface area contributed by atoms with Crippen LogP contribution in [0.4, 0.5) is 0 Å². The fourth-order valence-corrected chi connectivity index (χ4v) is 1.77. The molecule has 0 amide bonds. The number of hydrogen-bond donors (Lipinski definition) is 1. The largest absolute Gasteiger partial charge is 0.361 e. The van der Waals surface area contributed by atoms with Crippen LogP contribution in [0.25, 0.3) is 0 Å². The Morgan fingerprint density at radius 3 is 2.25 bits per heavy atom. The highest BCUT2D eigenvalue weighted by Gasteiger charge is 2.22. The normalized spacial score (nSPS) is 18.7. The highest BCUT2D eigenvalue weighted by atomic mass is 15.2. The van der Waals surface area contributed by atoms with Gasteiger partial charge >= 0.3 is 0 Å². The van der Waals surface area contributed by atoms with Crippen LogP contribution in [-0.2, 0) is 0 Å². The van der Waals surface area contributed by atoms with Gasteiger partial charge in [-0.1, -0.05) is 12.8 Å². The lowest BCUT2D eigenvalue weighted by Gasteiger charge is -2.27. The van der Waals surface area contributed by atoms with Crippen LogP contribution in [0.15, 0.2) is 0 Å². The Morgan fingerprint density at radius 2 is 1.83 bits per heavy atom. The van der Waals surface area contributed by atoms with E-state index in [4.69, 9.17) is 5.41 Å². The number of hydrogen-bond acceptors (Lipinski definition) is 1. The molecule has 0 heterocycles. The third kappa shape index (κ3) is 1.99. The van der Waals surface area contributed by atoms with Crippen molar-refractivity contribution in [2.24, 2.45) is 5.92 Å². The molecule has 2 heteroatoms. The lowest BCUT2D eigenvalue weighted by Crippen LogP contribution is -2.36. The van der Waals surface area contributed by atoms with Crippen LogP contribution in [0.5, 0.6) is 0 Å². The molecule has 0 radical (unpaired) electrons. The van der Waals surface area contributed by atoms with Gasteiger partial charge in [0.15, 0.2) is 0 Å². The number of rotatable bonds is 2. The molecule has 0 bridgehead atoms. The first-order valence-electron chi connectivity index (χ1n) is 4.94. The monoisotopic (exact) mass is 168 g/mol. The fraction of sp³-hybridized carbons (Fsp3) is 0.900. The minimum absolute atomic E-state index is 0.470. The molecule has 1 aliphatic carbocycles. The standard InChI is InChI=1S/C10H20N2/c1-8(2)12(3)10(11)9-6-4-5-7-9/h8-9,11H,4-7H2,1-3H3. The predicted octanol–water partition coefficient (Wildman–Crippen LogP) is 2.49. The van der Waals surface area contributed by atoms with Gasteiger partial charge in [0.2, 0.25) is 0 Å². The van der Waals surface area contributed by atoms with Gasteiger partial charge in [-0.15, -0.1) is 0 Å². The molecule has 1 rings (SSSR count). The molecule has 0 aromatic heterocycles. The second-order valence-corrected chi connectivity index (χ2v) is 4.07. The molecule has 1 N–H and O–H groups in total. The van der Waals surface area contributed by atoms with Gasteiger partial charge in [-0.2, -0.15) is 0 Å². The summed E-state index contributed by atoms with van der Waals surface area (Å²) in [7, 11) is 2.03.